The number of hydrogen-bond donors (Lipinski definition) is 0. The van der Waals surface area contributed by atoms with Crippen molar-refractivity contribution in [3.05, 3.63) is 96.1 Å². The van der Waals surface area contributed by atoms with Crippen molar-refractivity contribution in [3.63, 3.8) is 0 Å². The van der Waals surface area contributed by atoms with Crippen LogP contribution in [0.2, 0.25) is 0 Å². The summed E-state index contributed by atoms with van der Waals surface area (Å²) in [6, 6.07) is 21.1. The van der Waals surface area contributed by atoms with Gasteiger partial charge in [-0.15, -0.1) is 10.2 Å². The van der Waals surface area contributed by atoms with Gasteiger partial charge in [0.25, 0.3) is 0 Å². The normalized spacial score (nSPS) is 11.8. The second-order valence-electron chi connectivity index (χ2n) is 8.95. The van der Waals surface area contributed by atoms with Crippen molar-refractivity contribution >= 4 is 55.1 Å². The Balaban J connectivity index is 0.00000368. The molecule has 0 aliphatic carbocycles. The van der Waals surface area contributed by atoms with E-state index in [4.69, 9.17) is 9.47 Å². The minimum Gasteiger partial charge on any atom is -0.744 e. The maximum atomic E-state index is 12.0. The van der Waals surface area contributed by atoms with Crippen LogP contribution < -0.4 is 68.6 Å². The Hall–Kier alpha value is -2.76. The van der Waals surface area contributed by atoms with E-state index in [0.717, 1.165) is 12.1 Å². The Morgan fingerprint density at radius 1 is 0.565 bits per heavy atom. The third-order valence-corrected chi connectivity index (χ3v) is 7.55. The van der Waals surface area contributed by atoms with Crippen molar-refractivity contribution in [1.29, 1.82) is 0 Å². The molecule has 228 valence electrons. The summed E-state index contributed by atoms with van der Waals surface area (Å²) in [5, 5.41) is 15.9. The van der Waals surface area contributed by atoms with Gasteiger partial charge in [0.1, 0.15) is 43.1 Å². The van der Waals surface area contributed by atoms with Crippen LogP contribution in [-0.4, -0.2) is 39.2 Å². The van der Waals surface area contributed by atoms with Gasteiger partial charge in [0.2, 0.25) is 0 Å². The fraction of sp³-hybridized carbons (Fsp3) is 0.133. The van der Waals surface area contributed by atoms with Crippen LogP contribution in [0, 0.1) is 0 Å². The molecule has 0 bridgehead atoms. The molecule has 0 spiro atoms. The van der Waals surface area contributed by atoms with Gasteiger partial charge in [0.15, 0.2) is 0 Å². The molecule has 0 saturated carbocycles. The predicted octanol–water partition coefficient (Wildman–Crippen LogP) is 1.30. The van der Waals surface area contributed by atoms with Gasteiger partial charge < -0.3 is 18.6 Å². The quantitative estimate of drug-likeness (QED) is 0.0929. The van der Waals surface area contributed by atoms with Crippen molar-refractivity contribution in [2.75, 3.05) is 13.2 Å². The van der Waals surface area contributed by atoms with Gasteiger partial charge in [-0.3, -0.25) is 0 Å². The predicted molar refractivity (Wildman–Crippen MR) is 161 cm³/mol. The van der Waals surface area contributed by atoms with Crippen LogP contribution in [0.25, 0.3) is 12.2 Å². The van der Waals surface area contributed by atoms with Crippen molar-refractivity contribution in [2.45, 2.75) is 23.6 Å². The van der Waals surface area contributed by atoms with Gasteiger partial charge >= 0.3 is 59.1 Å². The molecule has 0 atom stereocenters. The Kier molecular flexibility index (Phi) is 15.4. The van der Waals surface area contributed by atoms with E-state index in [1.165, 1.54) is 36.4 Å². The average molecular weight is 681 g/mol. The summed E-state index contributed by atoms with van der Waals surface area (Å²) in [7, 11) is -9.86. The second-order valence-corrected chi connectivity index (χ2v) is 11.6. The zero-order valence-electron chi connectivity index (χ0n) is 25.5. The van der Waals surface area contributed by atoms with Crippen LogP contribution >= 0.6 is 0 Å². The molecule has 0 N–H and O–H groups in total. The van der Waals surface area contributed by atoms with E-state index >= 15 is 0 Å². The van der Waals surface area contributed by atoms with E-state index in [0.29, 0.717) is 47.2 Å². The van der Waals surface area contributed by atoms with Crippen molar-refractivity contribution < 1.29 is 94.5 Å². The molecule has 4 aromatic carbocycles. The van der Waals surface area contributed by atoms with Crippen LogP contribution in [0.1, 0.15) is 25.0 Å². The molecular weight excluding hydrogens is 654 g/mol. The number of hydrogen-bond acceptors (Lipinski definition) is 12. The standard InChI is InChI=1S/C30H28N4O8S2.2Na/c1-3-41-25-13-9-23(10-14-25)31-33-27-17-7-21(19-29(27)43(35,36)37)5-6-22-8-18-28(30(20-22)44(38,39)40)34-32-24-11-15-26(16-12-24)42-4-2;;/h5-20H,3-4H2,1-2H3,(H,35,36,37)(H,38,39,40);;/q;2*+1/p-2/b6-5-,33-31?,34-32?;;. The number of azo groups is 2. The first-order valence-corrected chi connectivity index (χ1v) is 15.9. The zero-order valence-corrected chi connectivity index (χ0v) is 31.2. The van der Waals surface area contributed by atoms with E-state index in [1.807, 2.05) is 13.8 Å². The first-order valence-electron chi connectivity index (χ1n) is 13.1. The summed E-state index contributed by atoms with van der Waals surface area (Å²) in [6.07, 6.45) is 2.89. The summed E-state index contributed by atoms with van der Waals surface area (Å²) in [5.74, 6) is 1.27. The second kappa shape index (κ2) is 18.0. The fourth-order valence-corrected chi connectivity index (χ4v) is 5.09. The SMILES string of the molecule is CCOc1ccc(N=Nc2ccc(/C=C\c3ccc(N=Nc4ccc(OCC)cc4)c(S(=O)(=O)[O-])c3)cc2S(=O)(=O)[O-])cc1.[Na+].[Na+]. The third-order valence-electron chi connectivity index (χ3n) is 5.82. The maximum absolute atomic E-state index is 12.0. The van der Waals surface area contributed by atoms with Gasteiger partial charge in [-0.05, 0) is 97.8 Å². The molecule has 4 aromatic rings. The summed E-state index contributed by atoms with van der Waals surface area (Å²) in [6.45, 7) is 4.69. The first-order chi connectivity index (χ1) is 21.0. The van der Waals surface area contributed by atoms with Crippen LogP contribution in [0.3, 0.4) is 0 Å². The molecule has 0 heterocycles. The number of ether oxygens (including phenoxy) is 2. The minimum atomic E-state index is -4.93. The van der Waals surface area contributed by atoms with E-state index in [-0.39, 0.29) is 70.5 Å². The maximum Gasteiger partial charge on any atom is 1.00 e. The molecule has 0 aliphatic rings. The molecule has 0 aromatic heterocycles. The summed E-state index contributed by atoms with van der Waals surface area (Å²) in [5.41, 5.74) is 1.10. The molecule has 0 saturated heterocycles. The number of rotatable bonds is 12. The molecule has 0 aliphatic heterocycles. The molecule has 12 nitrogen and oxygen atoms in total. The Morgan fingerprint density at radius 2 is 0.913 bits per heavy atom. The fourth-order valence-electron chi connectivity index (χ4n) is 3.80. The molecule has 0 radical (unpaired) electrons. The van der Waals surface area contributed by atoms with Gasteiger partial charge in [0, 0.05) is 0 Å². The van der Waals surface area contributed by atoms with Crippen LogP contribution in [0.15, 0.2) is 115 Å². The number of benzene rings is 4. The minimum absolute atomic E-state index is 0. The van der Waals surface area contributed by atoms with Gasteiger partial charge in [0.05, 0.1) is 34.4 Å². The molecule has 46 heavy (non-hydrogen) atoms. The summed E-state index contributed by atoms with van der Waals surface area (Å²) in [4.78, 5) is -1.19. The van der Waals surface area contributed by atoms with E-state index in [9.17, 15) is 25.9 Å². The summed E-state index contributed by atoms with van der Waals surface area (Å²) < 4.78 is 82.6. The molecule has 0 amide bonds. The Labute approximate surface area is 311 Å². The zero-order chi connectivity index (χ0) is 31.7. The first kappa shape index (κ1) is 39.4. The van der Waals surface area contributed by atoms with Crippen LogP contribution in [0.4, 0.5) is 22.7 Å². The molecule has 0 unspecified atom stereocenters. The molecule has 4 rings (SSSR count). The molecular formula is C30H26N4Na2O8S2. The largest absolute Gasteiger partial charge is 1.00 e. The van der Waals surface area contributed by atoms with Crippen molar-refractivity contribution in [1.82, 2.24) is 0 Å². The van der Waals surface area contributed by atoms with Gasteiger partial charge in [-0.25, -0.2) is 16.8 Å². The average Bonchev–Trinajstić information content (AvgIpc) is 2.99. The molecule has 0 fully saturated rings. The van der Waals surface area contributed by atoms with Crippen molar-refractivity contribution in [3.8, 4) is 11.5 Å². The van der Waals surface area contributed by atoms with E-state index in [2.05, 4.69) is 20.5 Å². The van der Waals surface area contributed by atoms with Gasteiger partial charge in [-0.2, -0.15) is 10.2 Å². The van der Waals surface area contributed by atoms with Crippen LogP contribution in [0.5, 0.6) is 11.5 Å². The van der Waals surface area contributed by atoms with E-state index in [1.54, 1.807) is 48.5 Å². The number of nitrogens with zero attached hydrogens (tertiary/aromatic N) is 4. The summed E-state index contributed by atoms with van der Waals surface area (Å²) >= 11 is 0. The Morgan fingerprint density at radius 3 is 1.22 bits per heavy atom. The third kappa shape index (κ3) is 11.5. The Bertz CT molecular complexity index is 1790. The molecule has 16 heteroatoms. The topological polar surface area (TPSA) is 182 Å². The van der Waals surface area contributed by atoms with Crippen LogP contribution in [-0.2, 0) is 20.2 Å². The van der Waals surface area contributed by atoms with Gasteiger partial charge in [-0.1, -0.05) is 24.3 Å². The van der Waals surface area contributed by atoms with E-state index < -0.39 is 30.0 Å². The van der Waals surface area contributed by atoms with Crippen molar-refractivity contribution in [2.24, 2.45) is 20.5 Å². The smallest absolute Gasteiger partial charge is 0.744 e. The monoisotopic (exact) mass is 680 g/mol.